The Morgan fingerprint density at radius 3 is 2.68 bits per heavy atom. The third kappa shape index (κ3) is 2.20. The highest BCUT2D eigenvalue weighted by atomic mass is 35.5. The van der Waals surface area contributed by atoms with Gasteiger partial charge in [-0.2, -0.15) is 13.2 Å². The number of aromatic nitrogens is 2. The van der Waals surface area contributed by atoms with Gasteiger partial charge < -0.3 is 5.11 Å². The van der Waals surface area contributed by atoms with Gasteiger partial charge in [0.25, 0.3) is 0 Å². The molecule has 0 unspecified atom stereocenters. The number of hydrogen-bond acceptors (Lipinski definition) is 2. The number of carboxylic acids is 1. The van der Waals surface area contributed by atoms with Crippen molar-refractivity contribution in [3.63, 3.8) is 0 Å². The van der Waals surface area contributed by atoms with Crippen molar-refractivity contribution in [2.45, 2.75) is 6.18 Å². The first kappa shape index (κ1) is 14.4. The van der Waals surface area contributed by atoms with Gasteiger partial charge in [-0.25, -0.2) is 9.78 Å². The van der Waals surface area contributed by atoms with E-state index in [1.54, 1.807) is 18.2 Å². The molecule has 1 aliphatic carbocycles. The van der Waals surface area contributed by atoms with Gasteiger partial charge in [0.15, 0.2) is 11.3 Å². The third-order valence-electron chi connectivity index (χ3n) is 3.08. The molecule has 0 radical (unpaired) electrons. The van der Waals surface area contributed by atoms with Crippen molar-refractivity contribution >= 4 is 28.8 Å². The second kappa shape index (κ2) is 4.76. The van der Waals surface area contributed by atoms with Crippen LogP contribution in [0, 0.1) is 0 Å². The molecule has 1 aliphatic rings. The van der Waals surface area contributed by atoms with Crippen LogP contribution >= 0.6 is 11.6 Å². The van der Waals surface area contributed by atoms with Gasteiger partial charge in [0, 0.05) is 17.3 Å². The number of rotatable bonds is 2. The Morgan fingerprint density at radius 1 is 1.41 bits per heavy atom. The van der Waals surface area contributed by atoms with Crippen molar-refractivity contribution in [2.24, 2.45) is 0 Å². The number of hydrogen-bond donors (Lipinski definition) is 1. The van der Waals surface area contributed by atoms with E-state index in [-0.39, 0.29) is 10.7 Å². The molecule has 8 heteroatoms. The normalized spacial score (nSPS) is 13.9. The molecule has 0 fully saturated rings. The molecule has 0 spiro atoms. The van der Waals surface area contributed by atoms with Gasteiger partial charge in [0.2, 0.25) is 0 Å². The largest absolute Gasteiger partial charge is 0.476 e. The zero-order chi connectivity index (χ0) is 16.1. The highest BCUT2D eigenvalue weighted by Crippen LogP contribution is 2.36. The van der Waals surface area contributed by atoms with E-state index in [4.69, 9.17) is 16.7 Å². The SMILES string of the molecule is O=C(O)c1nc2c(C(F)(F)F)cc(C3=C=CC=C3)cn2c1Cl. The van der Waals surface area contributed by atoms with Gasteiger partial charge in [-0.05, 0) is 18.2 Å². The average Bonchev–Trinajstić information content (AvgIpc) is 3.05. The van der Waals surface area contributed by atoms with E-state index >= 15 is 0 Å². The van der Waals surface area contributed by atoms with E-state index in [2.05, 4.69) is 10.7 Å². The van der Waals surface area contributed by atoms with Crippen molar-refractivity contribution < 1.29 is 23.1 Å². The Labute approximate surface area is 126 Å². The zero-order valence-corrected chi connectivity index (χ0v) is 11.4. The molecule has 22 heavy (non-hydrogen) atoms. The van der Waals surface area contributed by atoms with Crippen molar-refractivity contribution in [2.75, 3.05) is 0 Å². The second-order valence-corrected chi connectivity index (χ2v) is 4.83. The van der Waals surface area contributed by atoms with Crippen LogP contribution in [0.2, 0.25) is 5.15 Å². The Kier molecular flexibility index (Phi) is 3.12. The number of carboxylic acid groups (broad SMARTS) is 1. The van der Waals surface area contributed by atoms with Crippen molar-refractivity contribution in [1.82, 2.24) is 9.38 Å². The zero-order valence-electron chi connectivity index (χ0n) is 10.6. The number of aromatic carboxylic acids is 1. The van der Waals surface area contributed by atoms with Crippen LogP contribution in [0.15, 0.2) is 36.2 Å². The number of pyridine rings is 1. The first-order valence-corrected chi connectivity index (χ1v) is 6.32. The molecule has 0 amide bonds. The minimum absolute atomic E-state index is 0.209. The smallest absolute Gasteiger partial charge is 0.420 e. The molecular formula is C14H6ClF3N2O2. The summed E-state index contributed by atoms with van der Waals surface area (Å²) in [6.07, 6.45) is 1.38. The van der Waals surface area contributed by atoms with E-state index in [9.17, 15) is 18.0 Å². The van der Waals surface area contributed by atoms with E-state index in [1.807, 2.05) is 0 Å². The Morgan fingerprint density at radius 2 is 2.14 bits per heavy atom. The summed E-state index contributed by atoms with van der Waals surface area (Å²) in [6, 6.07) is 0.899. The maximum atomic E-state index is 13.2. The summed E-state index contributed by atoms with van der Waals surface area (Å²) in [7, 11) is 0. The summed E-state index contributed by atoms with van der Waals surface area (Å²) < 4.78 is 40.6. The number of allylic oxidation sites excluding steroid dienone is 3. The van der Waals surface area contributed by atoms with Gasteiger partial charge in [-0.1, -0.05) is 17.7 Å². The molecule has 2 heterocycles. The standard InChI is InChI=1S/C14H6ClF3N2O2/c15-11-10(13(21)22)19-12-9(14(16,17)18)5-8(6-20(11)12)7-3-1-2-4-7/h1-3,5-6H,(H,21,22). The van der Waals surface area contributed by atoms with Crippen LogP contribution in [0.5, 0.6) is 0 Å². The first-order chi connectivity index (χ1) is 10.3. The van der Waals surface area contributed by atoms with E-state index in [0.29, 0.717) is 5.57 Å². The molecule has 3 rings (SSSR count). The quantitative estimate of drug-likeness (QED) is 0.854. The van der Waals surface area contributed by atoms with E-state index in [0.717, 1.165) is 10.5 Å². The maximum Gasteiger partial charge on any atom is 0.420 e. The lowest BCUT2D eigenvalue weighted by Gasteiger charge is -2.11. The van der Waals surface area contributed by atoms with Crippen LogP contribution in [0.1, 0.15) is 21.6 Å². The lowest BCUT2D eigenvalue weighted by Crippen LogP contribution is -2.09. The number of nitrogens with zero attached hydrogens (tertiary/aromatic N) is 2. The number of fused-ring (bicyclic) bond motifs is 1. The summed E-state index contributed by atoms with van der Waals surface area (Å²) >= 11 is 5.85. The summed E-state index contributed by atoms with van der Waals surface area (Å²) in [4.78, 5) is 14.5. The molecular weight excluding hydrogens is 321 g/mol. The minimum Gasteiger partial charge on any atom is -0.476 e. The molecule has 0 saturated carbocycles. The van der Waals surface area contributed by atoms with E-state index in [1.165, 1.54) is 6.20 Å². The molecule has 0 aliphatic heterocycles. The third-order valence-corrected chi connectivity index (χ3v) is 3.44. The number of carbonyl (C=O) groups is 1. The van der Waals surface area contributed by atoms with Crippen LogP contribution in [0.25, 0.3) is 11.2 Å². The predicted octanol–water partition coefficient (Wildman–Crippen LogP) is 3.81. The highest BCUT2D eigenvalue weighted by molar-refractivity contribution is 6.32. The highest BCUT2D eigenvalue weighted by Gasteiger charge is 2.36. The Bertz CT molecular complexity index is 903. The molecule has 2 aromatic rings. The van der Waals surface area contributed by atoms with Gasteiger partial charge in [-0.15, -0.1) is 5.73 Å². The van der Waals surface area contributed by atoms with Crippen LogP contribution in [-0.4, -0.2) is 20.5 Å². The molecule has 0 atom stereocenters. The van der Waals surface area contributed by atoms with E-state index < -0.39 is 29.1 Å². The second-order valence-electron chi connectivity index (χ2n) is 4.47. The molecule has 1 N–H and O–H groups in total. The fourth-order valence-electron chi connectivity index (χ4n) is 2.12. The molecule has 0 saturated heterocycles. The first-order valence-electron chi connectivity index (χ1n) is 5.95. The summed E-state index contributed by atoms with van der Waals surface area (Å²) in [5, 5.41) is 8.58. The van der Waals surface area contributed by atoms with Crippen LogP contribution in [-0.2, 0) is 6.18 Å². The lowest BCUT2D eigenvalue weighted by molar-refractivity contribution is -0.136. The molecule has 112 valence electrons. The summed E-state index contributed by atoms with van der Waals surface area (Å²) in [6.45, 7) is 0. The topological polar surface area (TPSA) is 54.6 Å². The number of alkyl halides is 3. The fraction of sp³-hybridized carbons (Fsp3) is 0.0714. The average molecular weight is 327 g/mol. The summed E-state index contributed by atoms with van der Waals surface area (Å²) in [5.41, 5.74) is 1.19. The number of imidazole rings is 1. The van der Waals surface area contributed by atoms with Crippen LogP contribution < -0.4 is 0 Å². The lowest BCUT2D eigenvalue weighted by atomic mass is 10.1. The van der Waals surface area contributed by atoms with Gasteiger partial charge in [0.05, 0.1) is 5.56 Å². The fourth-order valence-corrected chi connectivity index (χ4v) is 2.37. The molecule has 0 bridgehead atoms. The Hall–Kier alpha value is -2.50. The van der Waals surface area contributed by atoms with Crippen LogP contribution in [0.4, 0.5) is 13.2 Å². The van der Waals surface area contributed by atoms with Crippen molar-refractivity contribution in [1.29, 1.82) is 0 Å². The van der Waals surface area contributed by atoms with Gasteiger partial charge in [0.1, 0.15) is 5.15 Å². The minimum atomic E-state index is -4.70. The predicted molar refractivity (Wildman–Crippen MR) is 72.8 cm³/mol. The van der Waals surface area contributed by atoms with Crippen LogP contribution in [0.3, 0.4) is 0 Å². The number of halogens is 4. The van der Waals surface area contributed by atoms with Gasteiger partial charge in [-0.3, -0.25) is 4.40 Å². The van der Waals surface area contributed by atoms with Crippen molar-refractivity contribution in [3.05, 3.63) is 58.2 Å². The maximum absolute atomic E-state index is 13.2. The molecule has 0 aromatic carbocycles. The molecule has 2 aromatic heterocycles. The molecule has 4 nitrogen and oxygen atoms in total. The van der Waals surface area contributed by atoms with Crippen molar-refractivity contribution in [3.8, 4) is 0 Å². The van der Waals surface area contributed by atoms with Gasteiger partial charge >= 0.3 is 12.1 Å². The Balaban J connectivity index is 2.39. The summed E-state index contributed by atoms with van der Waals surface area (Å²) in [5.74, 6) is -1.50. The monoisotopic (exact) mass is 326 g/mol.